The fraction of sp³-hybridized carbons (Fsp3) is 0.286. The van der Waals surface area contributed by atoms with Crippen LogP contribution in [0.2, 0.25) is 0 Å². The van der Waals surface area contributed by atoms with Gasteiger partial charge >= 0.3 is 6.18 Å². The molecule has 0 radical (unpaired) electrons. The third kappa shape index (κ3) is 2.38. The second kappa shape index (κ2) is 3.29. The van der Waals surface area contributed by atoms with Crippen molar-refractivity contribution in [3.8, 4) is 0 Å². The van der Waals surface area contributed by atoms with Gasteiger partial charge in [-0.3, -0.25) is 0 Å². The normalized spacial score (nSPS) is 14.2. The van der Waals surface area contributed by atoms with Crippen molar-refractivity contribution >= 4 is 0 Å². The molecule has 0 saturated heterocycles. The Morgan fingerprint density at radius 2 is 2.00 bits per heavy atom. The molecule has 13 heavy (non-hydrogen) atoms. The third-order valence-corrected chi connectivity index (χ3v) is 1.38. The molecule has 1 aromatic heterocycles. The van der Waals surface area contributed by atoms with Gasteiger partial charge in [-0.25, -0.2) is 4.98 Å². The summed E-state index contributed by atoms with van der Waals surface area (Å²) in [5.41, 5.74) is -0.556. The summed E-state index contributed by atoms with van der Waals surface area (Å²) < 4.78 is 47.9. The van der Waals surface area contributed by atoms with Crippen molar-refractivity contribution in [1.82, 2.24) is 4.98 Å². The van der Waals surface area contributed by atoms with Crippen molar-refractivity contribution in [1.29, 1.82) is 0 Å². The summed E-state index contributed by atoms with van der Waals surface area (Å²) in [5.74, 6) is -1.05. The van der Waals surface area contributed by atoms with E-state index in [1.807, 2.05) is 0 Å². The van der Waals surface area contributed by atoms with Gasteiger partial charge in [0.1, 0.15) is 0 Å². The first-order valence-electron chi connectivity index (χ1n) is 3.27. The lowest BCUT2D eigenvalue weighted by Gasteiger charge is -2.13. The number of hydrogen-bond donors (Lipinski definition) is 1. The molecule has 0 amide bonds. The van der Waals surface area contributed by atoms with Crippen LogP contribution in [0.15, 0.2) is 18.3 Å². The standard InChI is InChI=1S/C7H5F4NO/c8-5-3-4(1-2-12-5)6(13)7(9,10)11/h1-3,6,13H. The van der Waals surface area contributed by atoms with Crippen molar-refractivity contribution < 1.29 is 22.7 Å². The molecule has 0 saturated carbocycles. The van der Waals surface area contributed by atoms with Crippen LogP contribution in [0.4, 0.5) is 17.6 Å². The van der Waals surface area contributed by atoms with Crippen LogP contribution in [0.3, 0.4) is 0 Å². The molecule has 1 aromatic rings. The predicted molar refractivity (Wildman–Crippen MR) is 35.2 cm³/mol. The van der Waals surface area contributed by atoms with E-state index in [1.165, 1.54) is 0 Å². The van der Waals surface area contributed by atoms with Crippen molar-refractivity contribution in [3.63, 3.8) is 0 Å². The monoisotopic (exact) mass is 195 g/mol. The van der Waals surface area contributed by atoms with Crippen molar-refractivity contribution in [2.24, 2.45) is 0 Å². The smallest absolute Gasteiger partial charge is 0.379 e. The Morgan fingerprint density at radius 3 is 2.46 bits per heavy atom. The molecular weight excluding hydrogens is 190 g/mol. The molecule has 0 fully saturated rings. The number of nitrogens with zero attached hydrogens (tertiary/aromatic N) is 1. The summed E-state index contributed by atoms with van der Waals surface area (Å²) >= 11 is 0. The van der Waals surface area contributed by atoms with Gasteiger partial charge in [0.05, 0.1) is 0 Å². The predicted octanol–water partition coefficient (Wildman–Crippen LogP) is 1.82. The first-order chi connectivity index (χ1) is 5.91. The van der Waals surface area contributed by atoms with Crippen LogP contribution in [0.1, 0.15) is 11.7 Å². The van der Waals surface area contributed by atoms with Crippen LogP contribution in [-0.2, 0) is 0 Å². The average Bonchev–Trinajstić information content (AvgIpc) is 2.01. The largest absolute Gasteiger partial charge is 0.418 e. The van der Waals surface area contributed by atoms with Crippen LogP contribution in [0.25, 0.3) is 0 Å². The fourth-order valence-electron chi connectivity index (χ4n) is 0.777. The summed E-state index contributed by atoms with van der Waals surface area (Å²) in [6.45, 7) is 0. The van der Waals surface area contributed by atoms with E-state index >= 15 is 0 Å². The van der Waals surface area contributed by atoms with Gasteiger partial charge in [0, 0.05) is 6.20 Å². The number of pyridine rings is 1. The van der Waals surface area contributed by atoms with Gasteiger partial charge in [0.25, 0.3) is 0 Å². The summed E-state index contributed by atoms with van der Waals surface area (Å²) in [4.78, 5) is 3.06. The topological polar surface area (TPSA) is 33.1 Å². The lowest BCUT2D eigenvalue weighted by atomic mass is 10.1. The molecule has 1 heterocycles. The highest BCUT2D eigenvalue weighted by molar-refractivity contribution is 5.15. The highest BCUT2D eigenvalue weighted by Crippen LogP contribution is 2.31. The summed E-state index contributed by atoms with van der Waals surface area (Å²) in [6.07, 6.45) is -6.59. The lowest BCUT2D eigenvalue weighted by molar-refractivity contribution is -0.206. The Kier molecular flexibility index (Phi) is 2.51. The van der Waals surface area contributed by atoms with Gasteiger partial charge in [-0.15, -0.1) is 0 Å². The molecule has 2 nitrogen and oxygen atoms in total. The second-order valence-corrected chi connectivity index (χ2v) is 2.36. The minimum Gasteiger partial charge on any atom is -0.379 e. The minimum atomic E-state index is -4.78. The Balaban J connectivity index is 2.96. The van der Waals surface area contributed by atoms with Crippen LogP contribution in [-0.4, -0.2) is 16.3 Å². The second-order valence-electron chi connectivity index (χ2n) is 2.36. The minimum absolute atomic E-state index is 0.540. The zero-order valence-electron chi connectivity index (χ0n) is 6.22. The molecule has 0 bridgehead atoms. The van der Waals surface area contributed by atoms with Gasteiger partial charge in [0.2, 0.25) is 5.95 Å². The van der Waals surface area contributed by atoms with Crippen LogP contribution in [0, 0.1) is 5.95 Å². The first-order valence-corrected chi connectivity index (χ1v) is 3.27. The van der Waals surface area contributed by atoms with Gasteiger partial charge in [-0.2, -0.15) is 17.6 Å². The summed E-state index contributed by atoms with van der Waals surface area (Å²) in [7, 11) is 0. The number of aromatic nitrogens is 1. The van der Waals surface area contributed by atoms with E-state index in [9.17, 15) is 17.6 Å². The number of aliphatic hydroxyl groups excluding tert-OH is 1. The Labute approximate surface area is 70.8 Å². The van der Waals surface area contributed by atoms with Crippen molar-refractivity contribution in [3.05, 3.63) is 29.8 Å². The SMILES string of the molecule is OC(c1ccnc(F)c1)C(F)(F)F. The zero-order chi connectivity index (χ0) is 10.1. The number of hydrogen-bond acceptors (Lipinski definition) is 2. The number of halogens is 4. The molecule has 0 aliphatic carbocycles. The van der Waals surface area contributed by atoms with E-state index in [-0.39, 0.29) is 0 Å². The van der Waals surface area contributed by atoms with E-state index < -0.39 is 23.8 Å². The number of rotatable bonds is 1. The molecule has 1 unspecified atom stereocenters. The molecule has 72 valence electrons. The Bertz CT molecular complexity index is 299. The molecule has 1 atom stereocenters. The van der Waals surface area contributed by atoms with Crippen molar-refractivity contribution in [2.45, 2.75) is 12.3 Å². The van der Waals surface area contributed by atoms with Crippen LogP contribution < -0.4 is 0 Å². The number of aliphatic hydroxyl groups is 1. The first kappa shape index (κ1) is 9.91. The van der Waals surface area contributed by atoms with E-state index in [0.717, 1.165) is 12.3 Å². The maximum Gasteiger partial charge on any atom is 0.418 e. The molecular formula is C7H5F4NO. The molecule has 1 rings (SSSR count). The lowest BCUT2D eigenvalue weighted by Crippen LogP contribution is -2.20. The number of alkyl halides is 3. The average molecular weight is 195 g/mol. The summed E-state index contributed by atoms with van der Waals surface area (Å²) in [6, 6.07) is 1.44. The van der Waals surface area contributed by atoms with E-state index in [4.69, 9.17) is 5.11 Å². The van der Waals surface area contributed by atoms with Crippen LogP contribution >= 0.6 is 0 Å². The molecule has 0 spiro atoms. The molecule has 0 aliphatic heterocycles. The Hall–Kier alpha value is -1.17. The highest BCUT2D eigenvalue weighted by Gasteiger charge is 2.39. The van der Waals surface area contributed by atoms with Crippen molar-refractivity contribution in [2.75, 3.05) is 0 Å². The quantitative estimate of drug-likeness (QED) is 0.547. The Morgan fingerprint density at radius 1 is 1.38 bits per heavy atom. The van der Waals surface area contributed by atoms with E-state index in [1.54, 1.807) is 0 Å². The van der Waals surface area contributed by atoms with E-state index in [0.29, 0.717) is 6.07 Å². The van der Waals surface area contributed by atoms with Gasteiger partial charge in [-0.1, -0.05) is 0 Å². The van der Waals surface area contributed by atoms with E-state index in [2.05, 4.69) is 4.98 Å². The van der Waals surface area contributed by atoms with Gasteiger partial charge in [-0.05, 0) is 17.7 Å². The maximum atomic E-state index is 12.3. The molecule has 6 heteroatoms. The van der Waals surface area contributed by atoms with Gasteiger partial charge < -0.3 is 5.11 Å². The maximum absolute atomic E-state index is 12.3. The molecule has 0 aromatic carbocycles. The molecule has 0 aliphatic rings. The zero-order valence-corrected chi connectivity index (χ0v) is 6.22. The molecule has 1 N–H and O–H groups in total. The summed E-state index contributed by atoms with van der Waals surface area (Å²) in [5, 5.41) is 8.66. The third-order valence-electron chi connectivity index (χ3n) is 1.38. The fourth-order valence-corrected chi connectivity index (χ4v) is 0.777. The van der Waals surface area contributed by atoms with Gasteiger partial charge in [0.15, 0.2) is 6.10 Å². The highest BCUT2D eigenvalue weighted by atomic mass is 19.4. The van der Waals surface area contributed by atoms with Crippen LogP contribution in [0.5, 0.6) is 0 Å².